The fourth-order valence-electron chi connectivity index (χ4n) is 4.64. The summed E-state index contributed by atoms with van der Waals surface area (Å²) in [6.45, 7) is 7.27. The van der Waals surface area contributed by atoms with Crippen molar-refractivity contribution in [2.45, 2.75) is 43.7 Å². The molecule has 5 rings (SSSR count). The number of sulfonamides is 1. The minimum atomic E-state index is -3.47. The Morgan fingerprint density at radius 3 is 2.43 bits per heavy atom. The molecule has 1 fully saturated rings. The number of nitrogens with one attached hydrogen (secondary N) is 1. The third-order valence-electron chi connectivity index (χ3n) is 6.23. The number of amides is 1. The molecule has 0 unspecified atom stereocenters. The van der Waals surface area contributed by atoms with Gasteiger partial charge in [-0.05, 0) is 86.5 Å². The molecule has 4 aromatic rings. The number of thioether (sulfide) groups is 1. The molecule has 0 atom stereocenters. The number of aryl methyl sites for hydroxylation is 3. The van der Waals surface area contributed by atoms with Crippen molar-refractivity contribution in [1.82, 2.24) is 18.9 Å². The first kappa shape index (κ1) is 23.8. The van der Waals surface area contributed by atoms with Gasteiger partial charge in [0.2, 0.25) is 15.9 Å². The Morgan fingerprint density at radius 1 is 1.00 bits per heavy atom. The predicted octanol–water partition coefficient (Wildman–Crippen LogP) is 4.32. The number of hydrogen-bond donors (Lipinski definition) is 1. The van der Waals surface area contributed by atoms with Gasteiger partial charge in [0.15, 0.2) is 10.8 Å². The zero-order valence-electron chi connectivity index (χ0n) is 19.9. The van der Waals surface area contributed by atoms with E-state index in [1.54, 1.807) is 24.3 Å². The van der Waals surface area contributed by atoms with Gasteiger partial charge in [0.25, 0.3) is 0 Å². The summed E-state index contributed by atoms with van der Waals surface area (Å²) in [7, 11) is -3.47. The molecular formula is C25H27N5O3S2. The SMILES string of the molecule is Cc1cc(C)c2c(c1)cc(C)c1nnc(SCC(=O)Nc3ccc(S(=O)(=O)N4CCCC4)cc3)n12. The first-order valence-electron chi connectivity index (χ1n) is 11.5. The van der Waals surface area contributed by atoms with E-state index in [1.807, 2.05) is 11.3 Å². The first-order chi connectivity index (χ1) is 16.7. The summed E-state index contributed by atoms with van der Waals surface area (Å²) in [6, 6.07) is 12.7. The van der Waals surface area contributed by atoms with Gasteiger partial charge in [-0.2, -0.15) is 4.31 Å². The zero-order chi connectivity index (χ0) is 24.7. The number of pyridine rings is 1. The number of rotatable bonds is 6. The number of carbonyl (C=O) groups is 1. The molecule has 1 N–H and O–H groups in total. The van der Waals surface area contributed by atoms with Crippen LogP contribution in [0.4, 0.5) is 5.69 Å². The largest absolute Gasteiger partial charge is 0.325 e. The lowest BCUT2D eigenvalue weighted by molar-refractivity contribution is -0.113. The Kier molecular flexibility index (Phi) is 6.29. The second kappa shape index (κ2) is 9.25. The summed E-state index contributed by atoms with van der Waals surface area (Å²) in [6.07, 6.45) is 1.78. The molecule has 1 aliphatic rings. The molecule has 0 saturated carbocycles. The molecule has 0 bridgehead atoms. The van der Waals surface area contributed by atoms with Gasteiger partial charge in [0.05, 0.1) is 16.2 Å². The molecule has 8 nitrogen and oxygen atoms in total. The summed E-state index contributed by atoms with van der Waals surface area (Å²) in [5.41, 5.74) is 5.71. The minimum Gasteiger partial charge on any atom is -0.325 e. The van der Waals surface area contributed by atoms with Gasteiger partial charge < -0.3 is 5.32 Å². The maximum Gasteiger partial charge on any atom is 0.243 e. The Balaban J connectivity index is 1.31. The summed E-state index contributed by atoms with van der Waals surface area (Å²) in [5, 5.41) is 13.3. The Morgan fingerprint density at radius 2 is 1.71 bits per heavy atom. The highest BCUT2D eigenvalue weighted by atomic mass is 32.2. The van der Waals surface area contributed by atoms with Crippen LogP contribution >= 0.6 is 11.8 Å². The van der Waals surface area contributed by atoms with E-state index < -0.39 is 10.0 Å². The lowest BCUT2D eigenvalue weighted by atomic mass is 10.1. The number of anilines is 1. The van der Waals surface area contributed by atoms with Crippen molar-refractivity contribution in [3.8, 4) is 0 Å². The van der Waals surface area contributed by atoms with E-state index >= 15 is 0 Å². The van der Waals surface area contributed by atoms with Crippen LogP contribution < -0.4 is 5.32 Å². The van der Waals surface area contributed by atoms with Crippen molar-refractivity contribution < 1.29 is 13.2 Å². The number of benzene rings is 2. The van der Waals surface area contributed by atoms with E-state index in [0.29, 0.717) is 23.9 Å². The van der Waals surface area contributed by atoms with Gasteiger partial charge >= 0.3 is 0 Å². The van der Waals surface area contributed by atoms with Crippen molar-refractivity contribution in [3.63, 3.8) is 0 Å². The van der Waals surface area contributed by atoms with Crippen LogP contribution in [0.3, 0.4) is 0 Å². The third-order valence-corrected chi connectivity index (χ3v) is 9.07. The van der Waals surface area contributed by atoms with E-state index in [4.69, 9.17) is 0 Å². The second-order valence-electron chi connectivity index (χ2n) is 8.96. The summed E-state index contributed by atoms with van der Waals surface area (Å²) < 4.78 is 28.9. The Bertz CT molecular complexity index is 1540. The maximum absolute atomic E-state index is 12.7. The van der Waals surface area contributed by atoms with Crippen LogP contribution in [0.15, 0.2) is 52.5 Å². The average Bonchev–Trinajstić information content (AvgIpc) is 3.49. The molecular weight excluding hydrogens is 482 g/mol. The molecule has 1 aliphatic heterocycles. The summed E-state index contributed by atoms with van der Waals surface area (Å²) >= 11 is 1.32. The number of hydrogen-bond acceptors (Lipinski definition) is 6. The molecule has 35 heavy (non-hydrogen) atoms. The fourth-order valence-corrected chi connectivity index (χ4v) is 6.90. The van der Waals surface area contributed by atoms with E-state index in [1.165, 1.54) is 21.6 Å². The summed E-state index contributed by atoms with van der Waals surface area (Å²) in [5.74, 6) is -0.0546. The highest BCUT2D eigenvalue weighted by Gasteiger charge is 2.27. The topological polar surface area (TPSA) is 96.7 Å². The molecule has 1 saturated heterocycles. The van der Waals surface area contributed by atoms with Crippen LogP contribution in [0.1, 0.15) is 29.5 Å². The lowest BCUT2D eigenvalue weighted by Crippen LogP contribution is -2.27. The van der Waals surface area contributed by atoms with Crippen LogP contribution in [0.25, 0.3) is 16.6 Å². The number of fused-ring (bicyclic) bond motifs is 3. The monoisotopic (exact) mass is 509 g/mol. The molecule has 10 heteroatoms. The van der Waals surface area contributed by atoms with Crippen molar-refractivity contribution in [2.24, 2.45) is 0 Å². The van der Waals surface area contributed by atoms with E-state index in [0.717, 1.165) is 40.5 Å². The molecule has 0 radical (unpaired) electrons. The predicted molar refractivity (Wildman–Crippen MR) is 138 cm³/mol. The van der Waals surface area contributed by atoms with Gasteiger partial charge in [0, 0.05) is 18.8 Å². The third kappa shape index (κ3) is 4.53. The van der Waals surface area contributed by atoms with Crippen molar-refractivity contribution in [1.29, 1.82) is 0 Å². The van der Waals surface area contributed by atoms with Crippen LogP contribution in [-0.4, -0.2) is 52.1 Å². The molecule has 182 valence electrons. The normalized spacial score (nSPS) is 14.7. The quantitative estimate of drug-likeness (QED) is 0.389. The van der Waals surface area contributed by atoms with E-state index in [-0.39, 0.29) is 16.6 Å². The smallest absolute Gasteiger partial charge is 0.243 e. The molecule has 2 aromatic heterocycles. The number of carbonyl (C=O) groups excluding carboxylic acids is 1. The summed E-state index contributed by atoms with van der Waals surface area (Å²) in [4.78, 5) is 12.9. The van der Waals surface area contributed by atoms with Gasteiger partial charge in [-0.1, -0.05) is 23.4 Å². The van der Waals surface area contributed by atoms with Gasteiger partial charge in [0.1, 0.15) is 0 Å². The maximum atomic E-state index is 12.7. The molecule has 3 heterocycles. The van der Waals surface area contributed by atoms with Crippen LogP contribution in [-0.2, 0) is 14.8 Å². The fraction of sp³-hybridized carbons (Fsp3) is 0.320. The minimum absolute atomic E-state index is 0.148. The van der Waals surface area contributed by atoms with Crippen LogP contribution in [0.5, 0.6) is 0 Å². The van der Waals surface area contributed by atoms with Gasteiger partial charge in [-0.25, -0.2) is 8.42 Å². The lowest BCUT2D eigenvalue weighted by Gasteiger charge is -2.15. The Labute approximate surface area is 208 Å². The highest BCUT2D eigenvalue weighted by molar-refractivity contribution is 7.99. The first-order valence-corrected chi connectivity index (χ1v) is 14.0. The van der Waals surface area contributed by atoms with Gasteiger partial charge in [-0.3, -0.25) is 9.20 Å². The standard InChI is InChI=1S/C25H27N5O3S2/c1-16-12-17(2)23-19(13-16)14-18(3)24-27-28-25(30(23)24)34-15-22(31)26-20-6-8-21(9-7-20)35(32,33)29-10-4-5-11-29/h6-9,12-14H,4-5,10-11,15H2,1-3H3,(H,26,31). The van der Waals surface area contributed by atoms with E-state index in [9.17, 15) is 13.2 Å². The zero-order valence-corrected chi connectivity index (χ0v) is 21.5. The number of aromatic nitrogens is 3. The molecule has 0 aliphatic carbocycles. The molecule has 0 spiro atoms. The van der Waals surface area contributed by atoms with E-state index in [2.05, 4.69) is 47.6 Å². The van der Waals surface area contributed by atoms with Crippen molar-refractivity contribution in [3.05, 3.63) is 59.2 Å². The van der Waals surface area contributed by atoms with Crippen LogP contribution in [0.2, 0.25) is 0 Å². The van der Waals surface area contributed by atoms with Gasteiger partial charge in [-0.15, -0.1) is 10.2 Å². The van der Waals surface area contributed by atoms with Crippen molar-refractivity contribution in [2.75, 3.05) is 24.2 Å². The average molecular weight is 510 g/mol. The highest BCUT2D eigenvalue weighted by Crippen LogP contribution is 2.29. The van der Waals surface area contributed by atoms with Crippen molar-refractivity contribution >= 4 is 49.9 Å². The molecule has 2 aromatic carbocycles. The second-order valence-corrected chi connectivity index (χ2v) is 11.8. The Hall–Kier alpha value is -2.95. The van der Waals surface area contributed by atoms with Crippen LogP contribution in [0, 0.1) is 20.8 Å². The molecule has 1 amide bonds. The number of nitrogens with zero attached hydrogens (tertiary/aromatic N) is 4.